The normalized spacial score (nSPS) is 10.4. The third kappa shape index (κ3) is 2.97. The van der Waals surface area contributed by atoms with E-state index in [0.29, 0.717) is 23.6 Å². The molecule has 22 heavy (non-hydrogen) atoms. The molecule has 0 aliphatic carbocycles. The number of carboxylic acid groups (broad SMARTS) is 1. The molecule has 0 spiro atoms. The predicted octanol–water partition coefficient (Wildman–Crippen LogP) is 0.109. The van der Waals surface area contributed by atoms with E-state index in [1.54, 1.807) is 12.1 Å². The lowest BCUT2D eigenvalue weighted by atomic mass is 10.1. The van der Waals surface area contributed by atoms with Crippen molar-refractivity contribution in [3.8, 4) is 17.0 Å². The van der Waals surface area contributed by atoms with Crippen LogP contribution in [0.3, 0.4) is 0 Å². The largest absolute Gasteiger partial charge is 0.492 e. The van der Waals surface area contributed by atoms with Crippen LogP contribution in [0.2, 0.25) is 0 Å². The lowest BCUT2D eigenvalue weighted by Gasteiger charge is -2.10. The monoisotopic (exact) mass is 305 g/mol. The van der Waals surface area contributed by atoms with Gasteiger partial charge in [-0.15, -0.1) is 5.10 Å². The second-order valence-corrected chi connectivity index (χ2v) is 4.40. The van der Waals surface area contributed by atoms with E-state index in [1.165, 1.54) is 6.07 Å². The van der Waals surface area contributed by atoms with Crippen molar-refractivity contribution in [1.82, 2.24) is 15.0 Å². The molecular weight excluding hydrogens is 290 g/mol. The van der Waals surface area contributed by atoms with E-state index in [9.17, 15) is 14.7 Å². The molecule has 0 unspecified atom stereocenters. The number of carbonyl (C=O) groups excluding carboxylic acids is 1. The van der Waals surface area contributed by atoms with Crippen molar-refractivity contribution in [1.29, 1.82) is 0 Å². The molecule has 0 aliphatic heterocycles. The fourth-order valence-corrected chi connectivity index (χ4v) is 1.98. The van der Waals surface area contributed by atoms with Gasteiger partial charge in [-0.25, -0.2) is 9.48 Å². The van der Waals surface area contributed by atoms with E-state index in [0.717, 1.165) is 4.68 Å². The third-order valence-corrected chi connectivity index (χ3v) is 2.83. The SMILES string of the molecule is CCOc1ccc(-c2c(C(=O)O)nnn2CC(N)=O)cc1N. The molecule has 0 fully saturated rings. The van der Waals surface area contributed by atoms with Gasteiger partial charge in [0.1, 0.15) is 18.0 Å². The number of carbonyl (C=O) groups is 2. The molecule has 1 aromatic heterocycles. The molecule has 0 saturated heterocycles. The van der Waals surface area contributed by atoms with Crippen LogP contribution in [0.25, 0.3) is 11.3 Å². The summed E-state index contributed by atoms with van der Waals surface area (Å²) in [7, 11) is 0. The molecule has 1 aromatic carbocycles. The quantitative estimate of drug-likeness (QED) is 0.642. The van der Waals surface area contributed by atoms with Gasteiger partial charge in [0.2, 0.25) is 5.91 Å². The Balaban J connectivity index is 2.54. The molecule has 1 heterocycles. The average Bonchev–Trinajstić information content (AvgIpc) is 2.84. The number of ether oxygens (including phenoxy) is 1. The van der Waals surface area contributed by atoms with Crippen molar-refractivity contribution in [2.24, 2.45) is 5.73 Å². The zero-order valence-electron chi connectivity index (χ0n) is 11.8. The molecule has 0 atom stereocenters. The summed E-state index contributed by atoms with van der Waals surface area (Å²) in [4.78, 5) is 22.3. The van der Waals surface area contributed by atoms with Crippen LogP contribution in [-0.2, 0) is 11.3 Å². The number of primary amides is 1. The summed E-state index contributed by atoms with van der Waals surface area (Å²) in [6, 6.07) is 4.76. The van der Waals surface area contributed by atoms with E-state index < -0.39 is 11.9 Å². The molecule has 1 amide bonds. The third-order valence-electron chi connectivity index (χ3n) is 2.83. The molecule has 2 rings (SSSR count). The van der Waals surface area contributed by atoms with Gasteiger partial charge < -0.3 is 21.3 Å². The second kappa shape index (κ2) is 6.12. The Bertz CT molecular complexity index is 725. The zero-order valence-corrected chi connectivity index (χ0v) is 11.8. The van der Waals surface area contributed by atoms with Crippen molar-refractivity contribution in [2.45, 2.75) is 13.5 Å². The highest BCUT2D eigenvalue weighted by Gasteiger charge is 2.22. The van der Waals surface area contributed by atoms with Crippen molar-refractivity contribution >= 4 is 17.6 Å². The smallest absolute Gasteiger partial charge is 0.358 e. The summed E-state index contributed by atoms with van der Waals surface area (Å²) in [5, 5.41) is 16.4. The van der Waals surface area contributed by atoms with Gasteiger partial charge in [0.25, 0.3) is 0 Å². The predicted molar refractivity (Wildman–Crippen MR) is 77.2 cm³/mol. The van der Waals surface area contributed by atoms with Crippen LogP contribution in [0.4, 0.5) is 5.69 Å². The minimum Gasteiger partial charge on any atom is -0.492 e. The fourth-order valence-electron chi connectivity index (χ4n) is 1.98. The van der Waals surface area contributed by atoms with E-state index in [1.807, 2.05) is 6.92 Å². The number of anilines is 1. The molecule has 0 saturated carbocycles. The number of rotatable bonds is 6. The van der Waals surface area contributed by atoms with Gasteiger partial charge >= 0.3 is 5.97 Å². The lowest BCUT2D eigenvalue weighted by molar-refractivity contribution is -0.118. The number of carboxylic acids is 1. The number of amides is 1. The summed E-state index contributed by atoms with van der Waals surface area (Å²) in [6.07, 6.45) is 0. The molecule has 2 aromatic rings. The topological polar surface area (TPSA) is 146 Å². The summed E-state index contributed by atoms with van der Waals surface area (Å²) in [5.74, 6) is -1.45. The molecule has 116 valence electrons. The number of nitrogens with two attached hydrogens (primary N) is 2. The maximum Gasteiger partial charge on any atom is 0.358 e. The standard InChI is InChI=1S/C13H15N5O4/c1-2-22-9-4-3-7(5-8(9)14)12-11(13(20)21)16-17-18(12)6-10(15)19/h3-5H,2,6,14H2,1H3,(H2,15,19)(H,20,21). The summed E-state index contributed by atoms with van der Waals surface area (Å²) in [6.45, 7) is 1.98. The van der Waals surface area contributed by atoms with Crippen LogP contribution in [0, 0.1) is 0 Å². The Hall–Kier alpha value is -3.10. The van der Waals surface area contributed by atoms with Crippen molar-refractivity contribution in [3.05, 3.63) is 23.9 Å². The summed E-state index contributed by atoms with van der Waals surface area (Å²) < 4.78 is 6.45. The summed E-state index contributed by atoms with van der Waals surface area (Å²) >= 11 is 0. The first-order valence-corrected chi connectivity index (χ1v) is 6.41. The van der Waals surface area contributed by atoms with E-state index >= 15 is 0 Å². The van der Waals surface area contributed by atoms with Crippen LogP contribution in [0.1, 0.15) is 17.4 Å². The molecular formula is C13H15N5O4. The maximum atomic E-state index is 11.3. The minimum absolute atomic E-state index is 0.154. The number of hydrogen-bond donors (Lipinski definition) is 3. The zero-order chi connectivity index (χ0) is 16.3. The Morgan fingerprint density at radius 1 is 1.41 bits per heavy atom. The van der Waals surface area contributed by atoms with Gasteiger partial charge in [-0.3, -0.25) is 4.79 Å². The maximum absolute atomic E-state index is 11.3. The van der Waals surface area contributed by atoms with Crippen molar-refractivity contribution in [2.75, 3.05) is 12.3 Å². The summed E-state index contributed by atoms with van der Waals surface area (Å²) in [5.41, 5.74) is 11.7. The van der Waals surface area contributed by atoms with E-state index in [4.69, 9.17) is 16.2 Å². The van der Waals surface area contributed by atoms with Gasteiger partial charge in [0, 0.05) is 5.56 Å². The van der Waals surface area contributed by atoms with Gasteiger partial charge in [-0.2, -0.15) is 0 Å². The lowest BCUT2D eigenvalue weighted by Crippen LogP contribution is -2.20. The number of nitrogen functional groups attached to an aromatic ring is 1. The molecule has 9 heteroatoms. The number of aromatic carboxylic acids is 1. The van der Waals surface area contributed by atoms with Gasteiger partial charge in [-0.05, 0) is 25.1 Å². The average molecular weight is 305 g/mol. The first kappa shape index (κ1) is 15.3. The molecule has 0 radical (unpaired) electrons. The first-order chi connectivity index (χ1) is 10.4. The Labute approximate surface area is 125 Å². The van der Waals surface area contributed by atoms with E-state index in [-0.39, 0.29) is 17.9 Å². The molecule has 5 N–H and O–H groups in total. The number of nitrogens with zero attached hydrogens (tertiary/aromatic N) is 3. The van der Waals surface area contributed by atoms with E-state index in [2.05, 4.69) is 10.3 Å². The highest BCUT2D eigenvalue weighted by Crippen LogP contribution is 2.30. The van der Waals surface area contributed by atoms with Crippen molar-refractivity contribution < 1.29 is 19.4 Å². The molecule has 0 bridgehead atoms. The van der Waals surface area contributed by atoms with Crippen LogP contribution in [0.15, 0.2) is 18.2 Å². The number of aromatic nitrogens is 3. The Morgan fingerprint density at radius 2 is 2.14 bits per heavy atom. The van der Waals surface area contributed by atoms with Crippen LogP contribution < -0.4 is 16.2 Å². The second-order valence-electron chi connectivity index (χ2n) is 4.40. The van der Waals surface area contributed by atoms with Crippen LogP contribution >= 0.6 is 0 Å². The minimum atomic E-state index is -1.27. The fraction of sp³-hybridized carbons (Fsp3) is 0.231. The van der Waals surface area contributed by atoms with Crippen molar-refractivity contribution in [3.63, 3.8) is 0 Å². The first-order valence-electron chi connectivity index (χ1n) is 6.41. The molecule has 0 aliphatic rings. The number of hydrogen-bond acceptors (Lipinski definition) is 6. The Morgan fingerprint density at radius 3 is 2.68 bits per heavy atom. The Kier molecular flexibility index (Phi) is 4.25. The van der Waals surface area contributed by atoms with Gasteiger partial charge in [0.05, 0.1) is 12.3 Å². The van der Waals surface area contributed by atoms with Crippen LogP contribution in [-0.4, -0.2) is 38.6 Å². The highest BCUT2D eigenvalue weighted by atomic mass is 16.5. The molecule has 9 nitrogen and oxygen atoms in total. The van der Waals surface area contributed by atoms with Gasteiger partial charge in [-0.1, -0.05) is 5.21 Å². The number of benzene rings is 1. The highest BCUT2D eigenvalue weighted by molar-refractivity contribution is 5.93. The van der Waals surface area contributed by atoms with Crippen LogP contribution in [0.5, 0.6) is 5.75 Å². The van der Waals surface area contributed by atoms with Gasteiger partial charge in [0.15, 0.2) is 5.69 Å².